The van der Waals surface area contributed by atoms with Crippen LogP contribution in [0.5, 0.6) is 0 Å². The van der Waals surface area contributed by atoms with Crippen LogP contribution in [0.25, 0.3) is 11.3 Å². The molecular weight excluding hydrogens is 407 g/mol. The first-order chi connectivity index (χ1) is 14.4. The van der Waals surface area contributed by atoms with Gasteiger partial charge in [-0.15, -0.1) is 11.3 Å². The van der Waals surface area contributed by atoms with E-state index >= 15 is 0 Å². The number of hydrogen-bond acceptors (Lipinski definition) is 5. The molecule has 1 aliphatic carbocycles. The van der Waals surface area contributed by atoms with E-state index in [-0.39, 0.29) is 17.6 Å². The summed E-state index contributed by atoms with van der Waals surface area (Å²) < 4.78 is 13.9. The van der Waals surface area contributed by atoms with Gasteiger partial charge in [-0.05, 0) is 43.7 Å². The summed E-state index contributed by atoms with van der Waals surface area (Å²) in [7, 11) is 0. The monoisotopic (exact) mass is 430 g/mol. The average Bonchev–Trinajstić information content (AvgIpc) is 3.28. The largest absolute Gasteiger partial charge is 0.325 e. The van der Waals surface area contributed by atoms with Crippen molar-refractivity contribution >= 4 is 34.3 Å². The first kappa shape index (κ1) is 20.5. The summed E-state index contributed by atoms with van der Waals surface area (Å²) in [4.78, 5) is 43.0. The van der Waals surface area contributed by atoms with E-state index in [4.69, 9.17) is 0 Å². The molecule has 2 aliphatic rings. The second-order valence-corrected chi connectivity index (χ2v) is 8.68. The molecule has 2 heterocycles. The predicted octanol–water partition coefficient (Wildman–Crippen LogP) is 3.78. The quantitative estimate of drug-likeness (QED) is 0.707. The van der Waals surface area contributed by atoms with Gasteiger partial charge in [-0.3, -0.25) is 14.5 Å². The Bertz CT molecular complexity index is 984. The Hall–Kier alpha value is -2.81. The van der Waals surface area contributed by atoms with Crippen molar-refractivity contribution in [1.82, 2.24) is 15.2 Å². The molecule has 0 radical (unpaired) electrons. The van der Waals surface area contributed by atoms with Crippen LogP contribution >= 0.6 is 11.3 Å². The van der Waals surface area contributed by atoms with E-state index in [0.717, 1.165) is 35.5 Å². The fourth-order valence-electron chi connectivity index (χ4n) is 4.16. The molecule has 1 aromatic carbocycles. The molecule has 1 saturated heterocycles. The molecule has 30 heavy (non-hydrogen) atoms. The minimum absolute atomic E-state index is 0.281. The molecule has 2 aromatic rings. The first-order valence-electron chi connectivity index (χ1n) is 10.1. The summed E-state index contributed by atoms with van der Waals surface area (Å²) in [5.74, 6) is -0.676. The number of halogens is 1. The fraction of sp³-hybridized carbons (Fsp3) is 0.429. The molecule has 1 aromatic heterocycles. The highest BCUT2D eigenvalue weighted by atomic mass is 32.1. The number of benzene rings is 1. The van der Waals surface area contributed by atoms with Crippen LogP contribution < -0.4 is 10.6 Å². The SMILES string of the molecule is CCC1CCC2(CC1)NC(=O)N(CC(=O)Nc1nc(-c3ccccc3F)cs1)C2=O. The number of carbonyl (C=O) groups excluding carboxylic acids is 3. The molecule has 2 fully saturated rings. The Morgan fingerprint density at radius 1 is 1.33 bits per heavy atom. The van der Waals surface area contributed by atoms with Crippen LogP contribution in [-0.4, -0.2) is 39.8 Å². The van der Waals surface area contributed by atoms with Crippen LogP contribution in [0.1, 0.15) is 39.0 Å². The van der Waals surface area contributed by atoms with E-state index in [1.807, 2.05) is 0 Å². The zero-order valence-electron chi connectivity index (χ0n) is 16.6. The van der Waals surface area contributed by atoms with Crippen LogP contribution in [0.4, 0.5) is 14.3 Å². The Balaban J connectivity index is 1.39. The van der Waals surface area contributed by atoms with Gasteiger partial charge in [-0.25, -0.2) is 14.2 Å². The van der Waals surface area contributed by atoms with Gasteiger partial charge in [0.15, 0.2) is 5.13 Å². The number of amides is 4. The van der Waals surface area contributed by atoms with Crippen LogP contribution in [0.15, 0.2) is 29.6 Å². The highest BCUT2D eigenvalue weighted by Crippen LogP contribution is 2.37. The van der Waals surface area contributed by atoms with E-state index in [1.54, 1.807) is 23.6 Å². The van der Waals surface area contributed by atoms with Crippen molar-refractivity contribution in [3.8, 4) is 11.3 Å². The highest BCUT2D eigenvalue weighted by molar-refractivity contribution is 7.14. The van der Waals surface area contributed by atoms with Gasteiger partial charge < -0.3 is 10.6 Å². The molecule has 0 bridgehead atoms. The molecule has 9 heteroatoms. The van der Waals surface area contributed by atoms with Crippen molar-refractivity contribution in [3.63, 3.8) is 0 Å². The topological polar surface area (TPSA) is 91.4 Å². The number of thiazole rings is 1. The maximum atomic E-state index is 13.9. The van der Waals surface area contributed by atoms with E-state index in [0.29, 0.717) is 30.0 Å². The molecule has 4 amide bonds. The first-order valence-corrected chi connectivity index (χ1v) is 10.9. The molecule has 0 unspecified atom stereocenters. The number of hydrogen-bond donors (Lipinski definition) is 2. The number of imide groups is 1. The van der Waals surface area contributed by atoms with Gasteiger partial charge in [0.2, 0.25) is 5.91 Å². The maximum Gasteiger partial charge on any atom is 0.325 e. The second kappa shape index (κ2) is 8.14. The highest BCUT2D eigenvalue weighted by Gasteiger charge is 2.52. The van der Waals surface area contributed by atoms with Crippen molar-refractivity contribution in [2.45, 2.75) is 44.6 Å². The standard InChI is InChI=1S/C21H23FN4O3S/c1-2-13-7-9-21(10-8-13)18(28)26(20(29)25-21)11-17(27)24-19-23-16(12-30-19)14-5-3-4-6-15(14)22/h3-6,12-13H,2,7-11H2,1H3,(H,25,29)(H,23,24,27). The molecule has 158 valence electrons. The Morgan fingerprint density at radius 2 is 2.07 bits per heavy atom. The number of nitrogens with zero attached hydrogens (tertiary/aromatic N) is 2. The van der Waals surface area contributed by atoms with Crippen LogP contribution in [0.2, 0.25) is 0 Å². The second-order valence-electron chi connectivity index (χ2n) is 7.82. The van der Waals surface area contributed by atoms with Crippen molar-refractivity contribution in [2.24, 2.45) is 5.92 Å². The van der Waals surface area contributed by atoms with E-state index < -0.39 is 23.3 Å². The third-order valence-corrected chi connectivity index (χ3v) is 6.74. The fourth-order valence-corrected chi connectivity index (χ4v) is 4.89. The summed E-state index contributed by atoms with van der Waals surface area (Å²) in [5.41, 5.74) is -0.120. The number of urea groups is 1. The number of nitrogens with one attached hydrogen (secondary N) is 2. The molecule has 1 saturated carbocycles. The minimum Gasteiger partial charge on any atom is -0.323 e. The van der Waals surface area contributed by atoms with Crippen molar-refractivity contribution < 1.29 is 18.8 Å². The normalized spacial score (nSPS) is 23.7. The Labute approximate surface area is 177 Å². The number of rotatable bonds is 5. The van der Waals surface area contributed by atoms with Gasteiger partial charge in [-0.1, -0.05) is 25.5 Å². The average molecular weight is 431 g/mol. The van der Waals surface area contributed by atoms with Gasteiger partial charge in [0.1, 0.15) is 17.9 Å². The number of carbonyl (C=O) groups is 3. The zero-order chi connectivity index (χ0) is 21.3. The van der Waals surface area contributed by atoms with E-state index in [9.17, 15) is 18.8 Å². The minimum atomic E-state index is -0.873. The lowest BCUT2D eigenvalue weighted by molar-refractivity contribution is -0.135. The van der Waals surface area contributed by atoms with Crippen molar-refractivity contribution in [3.05, 3.63) is 35.5 Å². The molecule has 2 N–H and O–H groups in total. The Kier molecular flexibility index (Phi) is 5.55. The lowest BCUT2D eigenvalue weighted by Crippen LogP contribution is -2.49. The van der Waals surface area contributed by atoms with Crippen LogP contribution in [0.3, 0.4) is 0 Å². The molecule has 7 nitrogen and oxygen atoms in total. The summed E-state index contributed by atoms with van der Waals surface area (Å²) in [6.45, 7) is 1.75. The van der Waals surface area contributed by atoms with Crippen molar-refractivity contribution in [2.75, 3.05) is 11.9 Å². The summed E-state index contributed by atoms with van der Waals surface area (Å²) in [6.07, 6.45) is 4.05. The van der Waals surface area contributed by atoms with Gasteiger partial charge in [0.25, 0.3) is 5.91 Å². The molecule has 4 rings (SSSR count). The van der Waals surface area contributed by atoms with Gasteiger partial charge in [0, 0.05) is 10.9 Å². The van der Waals surface area contributed by atoms with Crippen LogP contribution in [-0.2, 0) is 9.59 Å². The molecule has 0 atom stereocenters. The lowest BCUT2D eigenvalue weighted by atomic mass is 9.75. The van der Waals surface area contributed by atoms with Crippen molar-refractivity contribution in [1.29, 1.82) is 0 Å². The smallest absolute Gasteiger partial charge is 0.323 e. The van der Waals surface area contributed by atoms with Gasteiger partial charge in [0.05, 0.1) is 5.69 Å². The molecule has 1 spiro atoms. The maximum absolute atomic E-state index is 13.9. The predicted molar refractivity (Wildman–Crippen MR) is 111 cm³/mol. The lowest BCUT2D eigenvalue weighted by Gasteiger charge is -2.34. The molecule has 1 aliphatic heterocycles. The number of aromatic nitrogens is 1. The summed E-state index contributed by atoms with van der Waals surface area (Å²) in [6, 6.07) is 5.71. The number of anilines is 1. The summed E-state index contributed by atoms with van der Waals surface area (Å²) >= 11 is 1.15. The summed E-state index contributed by atoms with van der Waals surface area (Å²) in [5, 5.41) is 7.34. The molecular formula is C21H23FN4O3S. The Morgan fingerprint density at radius 3 is 2.77 bits per heavy atom. The van der Waals surface area contributed by atoms with E-state index in [1.165, 1.54) is 6.07 Å². The third-order valence-electron chi connectivity index (χ3n) is 5.98. The third kappa shape index (κ3) is 3.81. The van der Waals surface area contributed by atoms with Gasteiger partial charge in [-0.2, -0.15) is 0 Å². The van der Waals surface area contributed by atoms with Gasteiger partial charge >= 0.3 is 6.03 Å². The van der Waals surface area contributed by atoms with Crippen LogP contribution in [0, 0.1) is 11.7 Å². The zero-order valence-corrected chi connectivity index (χ0v) is 17.4. The van der Waals surface area contributed by atoms with E-state index in [2.05, 4.69) is 22.5 Å².